The molecule has 0 saturated carbocycles. The molecule has 0 aliphatic heterocycles. The van der Waals surface area contributed by atoms with Gasteiger partial charge in [0.25, 0.3) is 0 Å². The second-order valence-corrected chi connectivity index (χ2v) is 3.74. The molecule has 0 aromatic heterocycles. The van der Waals surface area contributed by atoms with Crippen molar-refractivity contribution in [3.63, 3.8) is 0 Å². The molecule has 1 unspecified atom stereocenters. The van der Waals surface area contributed by atoms with Gasteiger partial charge in [-0.2, -0.15) is 0 Å². The van der Waals surface area contributed by atoms with Crippen molar-refractivity contribution < 1.29 is 5.11 Å². The van der Waals surface area contributed by atoms with Gasteiger partial charge in [-0.05, 0) is 24.5 Å². The van der Waals surface area contributed by atoms with Gasteiger partial charge in [0, 0.05) is 5.41 Å². The number of aliphatic hydroxyl groups is 1. The third-order valence-electron chi connectivity index (χ3n) is 3.05. The molecule has 0 amide bonds. The normalized spacial score (nSPS) is 35.8. The Morgan fingerprint density at radius 3 is 3.17 bits per heavy atom. The number of aliphatic hydroxyl groups excluding tert-OH is 1. The van der Waals surface area contributed by atoms with Crippen molar-refractivity contribution in [2.45, 2.75) is 12.8 Å². The van der Waals surface area contributed by atoms with Crippen LogP contribution >= 0.6 is 0 Å². The number of allylic oxidation sites excluding steroid dienone is 7. The minimum Gasteiger partial charge on any atom is -0.508 e. The van der Waals surface area contributed by atoms with Crippen molar-refractivity contribution in [1.82, 2.24) is 0 Å². The molecule has 0 fully saturated rings. The largest absolute Gasteiger partial charge is 0.508 e. The van der Waals surface area contributed by atoms with Crippen LogP contribution < -0.4 is 0 Å². The monoisotopic (exact) mass is 158 g/mol. The van der Waals surface area contributed by atoms with E-state index in [-0.39, 0.29) is 5.41 Å². The first-order chi connectivity index (χ1) is 5.80. The molecular formula is C11H10O. The van der Waals surface area contributed by atoms with Gasteiger partial charge in [-0.25, -0.2) is 0 Å². The zero-order chi connectivity index (χ0) is 8.18. The van der Waals surface area contributed by atoms with E-state index in [1.807, 2.05) is 6.08 Å². The van der Waals surface area contributed by atoms with E-state index < -0.39 is 0 Å². The lowest BCUT2D eigenvalue weighted by Gasteiger charge is -2.22. The van der Waals surface area contributed by atoms with Gasteiger partial charge in [-0.3, -0.25) is 0 Å². The van der Waals surface area contributed by atoms with Crippen LogP contribution in [0.5, 0.6) is 0 Å². The fraction of sp³-hybridized carbons (Fsp3) is 0.273. The van der Waals surface area contributed by atoms with E-state index in [1.54, 1.807) is 0 Å². The average molecular weight is 158 g/mol. The number of rotatable bonds is 0. The van der Waals surface area contributed by atoms with Crippen LogP contribution in [0.15, 0.2) is 47.3 Å². The van der Waals surface area contributed by atoms with Crippen LogP contribution in [-0.4, -0.2) is 5.11 Å². The van der Waals surface area contributed by atoms with Crippen molar-refractivity contribution in [3.05, 3.63) is 47.3 Å². The Bertz CT molecular complexity index is 368. The van der Waals surface area contributed by atoms with Gasteiger partial charge in [0.1, 0.15) is 5.76 Å². The van der Waals surface area contributed by atoms with Crippen LogP contribution in [-0.2, 0) is 0 Å². The third kappa shape index (κ3) is 0.558. The summed E-state index contributed by atoms with van der Waals surface area (Å²) in [5.74, 6) is 0.455. The van der Waals surface area contributed by atoms with Crippen LogP contribution in [0.2, 0.25) is 0 Å². The first kappa shape index (κ1) is 6.30. The van der Waals surface area contributed by atoms with Crippen molar-refractivity contribution in [1.29, 1.82) is 0 Å². The van der Waals surface area contributed by atoms with Gasteiger partial charge < -0.3 is 5.11 Å². The smallest absolute Gasteiger partial charge is 0.118 e. The first-order valence-corrected chi connectivity index (χ1v) is 4.30. The molecule has 0 radical (unpaired) electrons. The summed E-state index contributed by atoms with van der Waals surface area (Å²) < 4.78 is 0. The molecule has 1 heteroatoms. The van der Waals surface area contributed by atoms with Crippen molar-refractivity contribution in [3.8, 4) is 0 Å². The highest BCUT2D eigenvalue weighted by atomic mass is 16.3. The molecule has 0 aromatic carbocycles. The summed E-state index contributed by atoms with van der Waals surface area (Å²) in [7, 11) is 0. The highest BCUT2D eigenvalue weighted by molar-refractivity contribution is 5.54. The molecule has 1 spiro atoms. The van der Waals surface area contributed by atoms with Crippen molar-refractivity contribution in [2.24, 2.45) is 5.41 Å². The fourth-order valence-corrected chi connectivity index (χ4v) is 2.36. The average Bonchev–Trinajstić information content (AvgIpc) is 2.52. The Labute approximate surface area is 71.4 Å². The Kier molecular flexibility index (Phi) is 0.912. The predicted molar refractivity (Wildman–Crippen MR) is 47.7 cm³/mol. The molecule has 1 N–H and O–H groups in total. The van der Waals surface area contributed by atoms with Crippen LogP contribution in [0.3, 0.4) is 0 Å². The van der Waals surface area contributed by atoms with Gasteiger partial charge in [0.2, 0.25) is 0 Å². The number of hydrogen-bond acceptors (Lipinski definition) is 1. The molecule has 1 nitrogen and oxygen atoms in total. The van der Waals surface area contributed by atoms with E-state index in [2.05, 4.69) is 24.3 Å². The van der Waals surface area contributed by atoms with E-state index in [4.69, 9.17) is 0 Å². The Morgan fingerprint density at radius 1 is 1.33 bits per heavy atom. The maximum Gasteiger partial charge on any atom is 0.118 e. The lowest BCUT2D eigenvalue weighted by atomic mass is 9.81. The molecule has 2 bridgehead atoms. The van der Waals surface area contributed by atoms with Gasteiger partial charge in [0.15, 0.2) is 0 Å². The van der Waals surface area contributed by atoms with Crippen molar-refractivity contribution in [2.75, 3.05) is 0 Å². The maximum atomic E-state index is 9.47. The molecular weight excluding hydrogens is 148 g/mol. The van der Waals surface area contributed by atoms with E-state index in [0.717, 1.165) is 18.4 Å². The van der Waals surface area contributed by atoms with Crippen LogP contribution in [0.25, 0.3) is 0 Å². The topological polar surface area (TPSA) is 20.2 Å². The van der Waals surface area contributed by atoms with Crippen LogP contribution in [0, 0.1) is 5.41 Å². The first-order valence-electron chi connectivity index (χ1n) is 4.30. The second-order valence-electron chi connectivity index (χ2n) is 3.74. The molecule has 60 valence electrons. The number of fused-ring (bicyclic) bond motifs is 1. The van der Waals surface area contributed by atoms with Gasteiger partial charge in [0.05, 0.1) is 0 Å². The molecule has 0 heterocycles. The van der Waals surface area contributed by atoms with Crippen LogP contribution in [0.4, 0.5) is 0 Å². The Balaban J connectivity index is 2.24. The van der Waals surface area contributed by atoms with Gasteiger partial charge >= 0.3 is 0 Å². The summed E-state index contributed by atoms with van der Waals surface area (Å²) in [5, 5.41) is 9.47. The lowest BCUT2D eigenvalue weighted by Crippen LogP contribution is -2.12. The Morgan fingerprint density at radius 2 is 2.25 bits per heavy atom. The Hall–Kier alpha value is -1.24. The minimum atomic E-state index is 0.168. The number of hydrogen-bond donors (Lipinski definition) is 1. The molecule has 1 atom stereocenters. The highest BCUT2D eigenvalue weighted by Gasteiger charge is 2.39. The summed E-state index contributed by atoms with van der Waals surface area (Å²) in [5.41, 5.74) is 2.72. The molecule has 0 aromatic rings. The fourth-order valence-electron chi connectivity index (χ4n) is 2.36. The van der Waals surface area contributed by atoms with Crippen LogP contribution in [0.1, 0.15) is 12.8 Å². The summed E-state index contributed by atoms with van der Waals surface area (Å²) in [6, 6.07) is 0. The summed E-state index contributed by atoms with van der Waals surface area (Å²) in [4.78, 5) is 0. The molecule has 0 saturated heterocycles. The van der Waals surface area contributed by atoms with Gasteiger partial charge in [-0.1, -0.05) is 29.9 Å². The van der Waals surface area contributed by atoms with E-state index in [0.29, 0.717) is 5.76 Å². The lowest BCUT2D eigenvalue weighted by molar-refractivity contribution is 0.415. The van der Waals surface area contributed by atoms with E-state index in [9.17, 15) is 5.11 Å². The summed E-state index contributed by atoms with van der Waals surface area (Å²) in [6.07, 6.45) is 12.6. The molecule has 12 heavy (non-hydrogen) atoms. The van der Waals surface area contributed by atoms with Crippen molar-refractivity contribution >= 4 is 0 Å². The maximum absolute atomic E-state index is 9.47. The summed E-state index contributed by atoms with van der Waals surface area (Å²) >= 11 is 0. The molecule has 3 rings (SSSR count). The summed E-state index contributed by atoms with van der Waals surface area (Å²) in [6.45, 7) is 0. The quantitative estimate of drug-likeness (QED) is 0.537. The zero-order valence-electron chi connectivity index (χ0n) is 6.75. The second kappa shape index (κ2) is 1.74. The predicted octanol–water partition coefficient (Wildman–Crippen LogP) is 2.64. The van der Waals surface area contributed by atoms with E-state index in [1.165, 1.54) is 5.57 Å². The molecule has 3 aliphatic rings. The minimum absolute atomic E-state index is 0.168. The highest BCUT2D eigenvalue weighted by Crippen LogP contribution is 2.52. The molecule has 3 aliphatic carbocycles. The van der Waals surface area contributed by atoms with Gasteiger partial charge in [-0.15, -0.1) is 0 Å². The third-order valence-corrected chi connectivity index (χ3v) is 3.05. The standard InChI is InChI=1S/C11H10O/c12-10-3-5-11-4-1-2-9(11)6-8(10)7-11/h1,3-6,12H,2,7H2. The zero-order valence-corrected chi connectivity index (χ0v) is 6.75. The SMILES string of the molecule is OC1=C2C=C3CC=CC3(C=C1)C2. The van der Waals surface area contributed by atoms with E-state index >= 15 is 0 Å².